The maximum absolute atomic E-state index is 12.0. The molecule has 0 fully saturated rings. The molecule has 0 atom stereocenters. The number of sulfonamides is 1. The summed E-state index contributed by atoms with van der Waals surface area (Å²) in [6.07, 6.45) is 0. The van der Waals surface area contributed by atoms with Crippen LogP contribution in [0.1, 0.15) is 27.7 Å². The number of hydrogen-bond acceptors (Lipinski definition) is 4. The number of nitrogens with two attached hydrogens (primary N) is 1. The van der Waals surface area contributed by atoms with E-state index in [1.807, 2.05) is 0 Å². The van der Waals surface area contributed by atoms with E-state index in [9.17, 15) is 8.42 Å². The molecule has 120 valence electrons. The van der Waals surface area contributed by atoms with Gasteiger partial charge in [-0.05, 0) is 37.1 Å². The molecule has 0 bridgehead atoms. The van der Waals surface area contributed by atoms with Crippen LogP contribution >= 0.6 is 0 Å². The van der Waals surface area contributed by atoms with Crippen molar-refractivity contribution in [1.29, 1.82) is 0 Å². The Bertz CT molecular complexity index is 558. The van der Waals surface area contributed by atoms with E-state index >= 15 is 0 Å². The Morgan fingerprint density at radius 3 is 2.10 bits per heavy atom. The number of benzene rings is 1. The molecule has 0 aliphatic rings. The minimum Gasteiger partial charge on any atom is -0.397 e. The smallest absolute Gasteiger partial charge is 0.240 e. The molecular weight excluding hydrogens is 286 g/mol. The SMILES string of the molecule is CNS(=O)(=O)c1ccc(N)c(N(CC(C)C)CC(C)C)c1. The van der Waals surface area contributed by atoms with Crippen molar-refractivity contribution in [3.05, 3.63) is 18.2 Å². The van der Waals surface area contributed by atoms with Gasteiger partial charge in [-0.25, -0.2) is 13.1 Å². The Kier molecular flexibility index (Phi) is 6.04. The van der Waals surface area contributed by atoms with E-state index in [0.29, 0.717) is 17.5 Å². The molecule has 0 amide bonds. The zero-order chi connectivity index (χ0) is 16.2. The van der Waals surface area contributed by atoms with Crippen LogP contribution in [0.25, 0.3) is 0 Å². The van der Waals surface area contributed by atoms with Crippen LogP contribution in [0, 0.1) is 11.8 Å². The maximum Gasteiger partial charge on any atom is 0.240 e. The van der Waals surface area contributed by atoms with Crippen LogP contribution in [0.5, 0.6) is 0 Å². The van der Waals surface area contributed by atoms with Gasteiger partial charge in [-0.15, -0.1) is 0 Å². The Hall–Kier alpha value is -1.27. The summed E-state index contributed by atoms with van der Waals surface area (Å²) in [6, 6.07) is 4.85. The second-order valence-electron chi connectivity index (χ2n) is 6.12. The largest absolute Gasteiger partial charge is 0.397 e. The summed E-state index contributed by atoms with van der Waals surface area (Å²) < 4.78 is 26.3. The van der Waals surface area contributed by atoms with Crippen molar-refractivity contribution < 1.29 is 8.42 Å². The third-order valence-corrected chi connectivity index (χ3v) is 4.50. The first-order valence-corrected chi connectivity index (χ1v) is 8.73. The lowest BCUT2D eigenvalue weighted by atomic mass is 10.1. The van der Waals surface area contributed by atoms with E-state index in [2.05, 4.69) is 37.3 Å². The van der Waals surface area contributed by atoms with Crippen molar-refractivity contribution in [3.63, 3.8) is 0 Å². The number of nitrogens with zero attached hydrogens (tertiary/aromatic N) is 1. The second kappa shape index (κ2) is 7.13. The molecule has 0 saturated carbocycles. The van der Waals surface area contributed by atoms with Gasteiger partial charge in [0.25, 0.3) is 0 Å². The highest BCUT2D eigenvalue weighted by atomic mass is 32.2. The lowest BCUT2D eigenvalue weighted by Crippen LogP contribution is -2.32. The van der Waals surface area contributed by atoms with Gasteiger partial charge in [0.05, 0.1) is 16.3 Å². The molecule has 0 saturated heterocycles. The molecule has 1 rings (SSSR count). The zero-order valence-corrected chi connectivity index (χ0v) is 14.4. The third-order valence-electron chi connectivity index (χ3n) is 3.09. The first-order valence-electron chi connectivity index (χ1n) is 7.25. The van der Waals surface area contributed by atoms with Gasteiger partial charge < -0.3 is 10.6 Å². The van der Waals surface area contributed by atoms with Gasteiger partial charge in [0.15, 0.2) is 0 Å². The minimum absolute atomic E-state index is 0.242. The van der Waals surface area contributed by atoms with Crippen LogP contribution in [-0.4, -0.2) is 28.6 Å². The molecule has 0 unspecified atom stereocenters. The van der Waals surface area contributed by atoms with Gasteiger partial charge in [0, 0.05) is 13.1 Å². The normalized spacial score (nSPS) is 12.1. The lowest BCUT2D eigenvalue weighted by Gasteiger charge is -2.30. The molecule has 6 heteroatoms. The quantitative estimate of drug-likeness (QED) is 0.757. The standard InChI is InChI=1S/C15H27N3O2S/c1-11(2)9-18(10-12(3)4)15-8-13(6-7-14(15)16)21(19,20)17-5/h6-8,11-12,17H,9-10,16H2,1-5H3. The molecule has 0 aliphatic carbocycles. The summed E-state index contributed by atoms with van der Waals surface area (Å²) in [5, 5.41) is 0. The van der Waals surface area contributed by atoms with Gasteiger partial charge >= 0.3 is 0 Å². The third kappa shape index (κ3) is 4.89. The van der Waals surface area contributed by atoms with Gasteiger partial charge in [0.2, 0.25) is 10.0 Å². The monoisotopic (exact) mass is 313 g/mol. The van der Waals surface area contributed by atoms with E-state index in [4.69, 9.17) is 5.73 Å². The van der Waals surface area contributed by atoms with Crippen molar-refractivity contribution in [2.75, 3.05) is 30.8 Å². The Morgan fingerprint density at radius 2 is 1.67 bits per heavy atom. The molecule has 0 aromatic heterocycles. The molecule has 0 spiro atoms. The fraction of sp³-hybridized carbons (Fsp3) is 0.600. The number of nitrogen functional groups attached to an aromatic ring is 1. The molecule has 0 heterocycles. The van der Waals surface area contributed by atoms with Crippen LogP contribution in [0.4, 0.5) is 11.4 Å². The molecule has 1 aromatic rings. The highest BCUT2D eigenvalue weighted by Crippen LogP contribution is 2.28. The van der Waals surface area contributed by atoms with Crippen molar-refractivity contribution in [2.24, 2.45) is 11.8 Å². The molecule has 0 radical (unpaired) electrons. The summed E-state index contributed by atoms with van der Waals surface area (Å²) in [6.45, 7) is 10.2. The maximum atomic E-state index is 12.0. The van der Waals surface area contributed by atoms with Crippen LogP contribution in [0.15, 0.2) is 23.1 Å². The summed E-state index contributed by atoms with van der Waals surface area (Å²) in [5.74, 6) is 0.931. The fourth-order valence-electron chi connectivity index (χ4n) is 2.24. The second-order valence-corrected chi connectivity index (χ2v) is 8.01. The first-order chi connectivity index (χ1) is 9.67. The van der Waals surface area contributed by atoms with Crippen LogP contribution in [0.2, 0.25) is 0 Å². The number of anilines is 2. The van der Waals surface area contributed by atoms with E-state index in [1.165, 1.54) is 13.1 Å². The summed E-state index contributed by atoms with van der Waals surface area (Å²) >= 11 is 0. The van der Waals surface area contributed by atoms with Crippen LogP contribution < -0.4 is 15.4 Å². The van der Waals surface area contributed by atoms with Crippen molar-refractivity contribution in [2.45, 2.75) is 32.6 Å². The summed E-state index contributed by atoms with van der Waals surface area (Å²) in [5.41, 5.74) is 7.46. The summed E-state index contributed by atoms with van der Waals surface area (Å²) in [4.78, 5) is 2.41. The van der Waals surface area contributed by atoms with Gasteiger partial charge in [0.1, 0.15) is 0 Å². The van der Waals surface area contributed by atoms with Crippen LogP contribution in [-0.2, 0) is 10.0 Å². The molecule has 3 N–H and O–H groups in total. The molecule has 5 nitrogen and oxygen atoms in total. The van der Waals surface area contributed by atoms with Crippen LogP contribution in [0.3, 0.4) is 0 Å². The summed E-state index contributed by atoms with van der Waals surface area (Å²) in [7, 11) is -2.05. The Balaban J connectivity index is 3.26. The fourth-order valence-corrected chi connectivity index (χ4v) is 2.98. The Morgan fingerprint density at radius 1 is 1.14 bits per heavy atom. The molecule has 0 aliphatic heterocycles. The predicted octanol–water partition coefficient (Wildman–Crippen LogP) is 2.30. The molecular formula is C15H27N3O2S. The van der Waals surface area contributed by atoms with E-state index < -0.39 is 10.0 Å². The van der Waals surface area contributed by atoms with Crippen molar-refractivity contribution in [1.82, 2.24) is 4.72 Å². The lowest BCUT2D eigenvalue weighted by molar-refractivity contribution is 0.552. The van der Waals surface area contributed by atoms with Gasteiger partial charge in [-0.3, -0.25) is 0 Å². The van der Waals surface area contributed by atoms with E-state index in [1.54, 1.807) is 12.1 Å². The molecule has 1 aromatic carbocycles. The topological polar surface area (TPSA) is 75.4 Å². The number of nitrogens with one attached hydrogen (secondary N) is 1. The van der Waals surface area contributed by atoms with Crippen molar-refractivity contribution >= 4 is 21.4 Å². The van der Waals surface area contributed by atoms with Crippen molar-refractivity contribution in [3.8, 4) is 0 Å². The van der Waals surface area contributed by atoms with E-state index in [0.717, 1.165) is 18.8 Å². The highest BCUT2D eigenvalue weighted by Gasteiger charge is 2.18. The highest BCUT2D eigenvalue weighted by molar-refractivity contribution is 7.89. The average Bonchev–Trinajstić information content (AvgIpc) is 2.37. The number of hydrogen-bond donors (Lipinski definition) is 2. The average molecular weight is 313 g/mol. The van der Waals surface area contributed by atoms with Gasteiger partial charge in [-0.1, -0.05) is 27.7 Å². The minimum atomic E-state index is -3.46. The zero-order valence-electron chi connectivity index (χ0n) is 13.6. The predicted molar refractivity (Wildman–Crippen MR) is 89.0 cm³/mol. The number of rotatable bonds is 7. The van der Waals surface area contributed by atoms with E-state index in [-0.39, 0.29) is 4.90 Å². The van der Waals surface area contributed by atoms with Gasteiger partial charge in [-0.2, -0.15) is 0 Å². The Labute approximate surface area is 128 Å². The first kappa shape index (κ1) is 17.8. The molecule has 21 heavy (non-hydrogen) atoms.